The van der Waals surface area contributed by atoms with Gasteiger partial charge < -0.3 is 5.11 Å². The van der Waals surface area contributed by atoms with Gasteiger partial charge in [-0.2, -0.15) is 5.10 Å². The first-order chi connectivity index (χ1) is 8.97. The van der Waals surface area contributed by atoms with E-state index in [1.54, 1.807) is 0 Å². The lowest BCUT2D eigenvalue weighted by Gasteiger charge is -2.10. The molecule has 19 heavy (non-hydrogen) atoms. The van der Waals surface area contributed by atoms with Crippen molar-refractivity contribution in [3.8, 4) is 11.3 Å². The number of H-pyrrole nitrogens is 1. The Bertz CT molecular complexity index is 635. The summed E-state index contributed by atoms with van der Waals surface area (Å²) in [6, 6.07) is 9.49. The van der Waals surface area contributed by atoms with Crippen LogP contribution in [0.15, 0.2) is 36.5 Å². The van der Waals surface area contributed by atoms with Gasteiger partial charge in [-0.05, 0) is 12.0 Å². The molecule has 0 aliphatic carbocycles. The van der Waals surface area contributed by atoms with Crippen LogP contribution in [0.25, 0.3) is 11.3 Å². The molecule has 5 nitrogen and oxygen atoms in total. The summed E-state index contributed by atoms with van der Waals surface area (Å²) in [4.78, 5) is 0. The van der Waals surface area contributed by atoms with Crippen LogP contribution in [0.3, 0.4) is 0 Å². The average Bonchev–Trinajstić information content (AvgIpc) is 2.85. The molecule has 2 aromatic rings. The maximum atomic E-state index is 11.1. The highest BCUT2D eigenvalue weighted by molar-refractivity contribution is 7.90. The Morgan fingerprint density at radius 3 is 2.63 bits per heavy atom. The number of benzene rings is 1. The fraction of sp³-hybridized carbons (Fsp3) is 0.308. The first-order valence-electron chi connectivity index (χ1n) is 5.92. The molecule has 102 valence electrons. The number of nitrogens with zero attached hydrogens (tertiary/aromatic N) is 1. The fourth-order valence-electron chi connectivity index (χ4n) is 1.87. The second kappa shape index (κ2) is 5.54. The first-order valence-corrected chi connectivity index (χ1v) is 7.98. The Morgan fingerprint density at radius 1 is 1.32 bits per heavy atom. The van der Waals surface area contributed by atoms with E-state index in [0.717, 1.165) is 17.5 Å². The van der Waals surface area contributed by atoms with Crippen LogP contribution in [-0.4, -0.2) is 35.7 Å². The van der Waals surface area contributed by atoms with Gasteiger partial charge in [0.05, 0.1) is 23.7 Å². The van der Waals surface area contributed by atoms with E-state index in [4.69, 9.17) is 0 Å². The van der Waals surface area contributed by atoms with Gasteiger partial charge >= 0.3 is 0 Å². The van der Waals surface area contributed by atoms with Crippen LogP contribution in [-0.2, 0) is 9.84 Å². The Labute approximate surface area is 112 Å². The lowest BCUT2D eigenvalue weighted by atomic mass is 10.0. The van der Waals surface area contributed by atoms with Crippen LogP contribution in [0.1, 0.15) is 18.1 Å². The second-order valence-corrected chi connectivity index (χ2v) is 6.76. The number of sulfone groups is 1. The third-order valence-electron chi connectivity index (χ3n) is 2.85. The molecule has 2 N–H and O–H groups in total. The van der Waals surface area contributed by atoms with E-state index in [1.807, 2.05) is 30.3 Å². The van der Waals surface area contributed by atoms with Gasteiger partial charge in [0.15, 0.2) is 0 Å². The van der Waals surface area contributed by atoms with Gasteiger partial charge in [0.2, 0.25) is 0 Å². The summed E-state index contributed by atoms with van der Waals surface area (Å²) in [7, 11) is -3.08. The molecule has 6 heteroatoms. The van der Waals surface area contributed by atoms with Gasteiger partial charge in [-0.1, -0.05) is 30.3 Å². The molecule has 0 aliphatic heterocycles. The van der Waals surface area contributed by atoms with Crippen molar-refractivity contribution in [2.75, 3.05) is 12.0 Å². The summed E-state index contributed by atoms with van der Waals surface area (Å²) >= 11 is 0. The Hall–Kier alpha value is -1.66. The monoisotopic (exact) mass is 280 g/mol. The second-order valence-electron chi connectivity index (χ2n) is 4.50. The number of aliphatic hydroxyl groups is 1. The minimum atomic E-state index is -3.08. The van der Waals surface area contributed by atoms with Crippen LogP contribution < -0.4 is 0 Å². The zero-order valence-electron chi connectivity index (χ0n) is 10.6. The van der Waals surface area contributed by atoms with Crippen molar-refractivity contribution in [1.29, 1.82) is 0 Å². The van der Waals surface area contributed by atoms with Crippen LogP contribution in [0.4, 0.5) is 0 Å². The van der Waals surface area contributed by atoms with Gasteiger partial charge in [0, 0.05) is 11.8 Å². The average molecular weight is 280 g/mol. The van der Waals surface area contributed by atoms with E-state index in [2.05, 4.69) is 10.2 Å². The molecule has 0 radical (unpaired) electrons. The van der Waals surface area contributed by atoms with Crippen LogP contribution in [0.5, 0.6) is 0 Å². The summed E-state index contributed by atoms with van der Waals surface area (Å²) in [6.45, 7) is 0. The molecular formula is C13H16N2O3S. The number of aromatic nitrogens is 2. The zero-order valence-corrected chi connectivity index (χ0v) is 11.4. The smallest absolute Gasteiger partial charge is 0.147 e. The van der Waals surface area contributed by atoms with Crippen LogP contribution in [0.2, 0.25) is 0 Å². The van der Waals surface area contributed by atoms with Crippen molar-refractivity contribution >= 4 is 9.84 Å². The van der Waals surface area contributed by atoms with E-state index in [-0.39, 0.29) is 12.2 Å². The number of rotatable bonds is 5. The zero-order chi connectivity index (χ0) is 13.9. The molecule has 1 aromatic carbocycles. The quantitative estimate of drug-likeness (QED) is 0.870. The topological polar surface area (TPSA) is 83.1 Å². The summed E-state index contributed by atoms with van der Waals surface area (Å²) in [5.74, 6) is -0.0480. The third-order valence-corrected chi connectivity index (χ3v) is 3.83. The number of aromatic amines is 1. The molecule has 1 atom stereocenters. The Morgan fingerprint density at radius 2 is 2.00 bits per heavy atom. The minimum Gasteiger partial charge on any atom is -0.388 e. The van der Waals surface area contributed by atoms with E-state index in [9.17, 15) is 13.5 Å². The molecule has 0 saturated heterocycles. The van der Waals surface area contributed by atoms with Crippen molar-refractivity contribution in [2.24, 2.45) is 0 Å². The number of aliphatic hydroxyl groups excluding tert-OH is 1. The van der Waals surface area contributed by atoms with Crippen molar-refractivity contribution in [3.05, 3.63) is 42.1 Å². The third kappa shape index (κ3) is 3.65. The molecule has 1 aromatic heterocycles. The van der Waals surface area contributed by atoms with Crippen LogP contribution >= 0.6 is 0 Å². The molecule has 0 fully saturated rings. The molecule has 0 amide bonds. The molecule has 0 saturated carbocycles. The first kappa shape index (κ1) is 13.8. The molecule has 0 spiro atoms. The van der Waals surface area contributed by atoms with E-state index >= 15 is 0 Å². The standard InChI is InChI=1S/C13H16N2O3S/c1-19(17,18)8-7-12(16)11-9-14-15-13(11)10-5-3-2-4-6-10/h2-6,9,12,16H,7-8H2,1H3,(H,14,15). The summed E-state index contributed by atoms with van der Waals surface area (Å²) in [5, 5.41) is 16.9. The van der Waals surface area contributed by atoms with Gasteiger partial charge in [0.1, 0.15) is 9.84 Å². The van der Waals surface area contributed by atoms with Crippen molar-refractivity contribution in [3.63, 3.8) is 0 Å². The molecule has 1 heterocycles. The lowest BCUT2D eigenvalue weighted by molar-refractivity contribution is 0.175. The van der Waals surface area contributed by atoms with Crippen molar-refractivity contribution in [1.82, 2.24) is 10.2 Å². The highest BCUT2D eigenvalue weighted by Crippen LogP contribution is 2.27. The lowest BCUT2D eigenvalue weighted by Crippen LogP contribution is -2.08. The number of nitrogens with one attached hydrogen (secondary N) is 1. The SMILES string of the molecule is CS(=O)(=O)CCC(O)c1cn[nH]c1-c1ccccc1. The summed E-state index contributed by atoms with van der Waals surface area (Å²) < 4.78 is 22.3. The number of hydrogen-bond acceptors (Lipinski definition) is 4. The van der Waals surface area contributed by atoms with Crippen LogP contribution in [0, 0.1) is 0 Å². The highest BCUT2D eigenvalue weighted by atomic mass is 32.2. The molecule has 0 aliphatic rings. The minimum absolute atomic E-state index is 0.0480. The Balaban J connectivity index is 2.20. The Kier molecular flexibility index (Phi) is 4.01. The van der Waals surface area contributed by atoms with E-state index in [0.29, 0.717) is 5.56 Å². The highest BCUT2D eigenvalue weighted by Gasteiger charge is 2.17. The summed E-state index contributed by atoms with van der Waals surface area (Å²) in [5.41, 5.74) is 2.25. The van der Waals surface area contributed by atoms with Gasteiger partial charge in [-0.25, -0.2) is 8.42 Å². The van der Waals surface area contributed by atoms with Crippen molar-refractivity contribution < 1.29 is 13.5 Å². The molecule has 1 unspecified atom stereocenters. The van der Waals surface area contributed by atoms with E-state index in [1.165, 1.54) is 6.20 Å². The van der Waals surface area contributed by atoms with E-state index < -0.39 is 15.9 Å². The van der Waals surface area contributed by atoms with Gasteiger partial charge in [-0.3, -0.25) is 5.10 Å². The molecular weight excluding hydrogens is 264 g/mol. The normalized spacial score (nSPS) is 13.4. The molecule has 2 rings (SSSR count). The fourth-order valence-corrected chi connectivity index (χ4v) is 2.52. The largest absolute Gasteiger partial charge is 0.388 e. The molecule has 0 bridgehead atoms. The van der Waals surface area contributed by atoms with Gasteiger partial charge in [-0.15, -0.1) is 0 Å². The van der Waals surface area contributed by atoms with Crippen molar-refractivity contribution in [2.45, 2.75) is 12.5 Å². The maximum Gasteiger partial charge on any atom is 0.147 e. The maximum absolute atomic E-state index is 11.1. The number of hydrogen-bond donors (Lipinski definition) is 2. The predicted molar refractivity (Wildman–Crippen MR) is 73.3 cm³/mol. The predicted octanol–water partition coefficient (Wildman–Crippen LogP) is 1.54. The van der Waals surface area contributed by atoms with Gasteiger partial charge in [0.25, 0.3) is 0 Å². The summed E-state index contributed by atoms with van der Waals surface area (Å²) in [6.07, 6.45) is 2.02.